The molecular formula is C24H43N5O3. The molecule has 1 saturated heterocycles. The molecule has 182 valence electrons. The standard InChI is InChI=1S/C24H43N5O3/c1-7-27(8-2)12-10-9-11-26-24(25-3)29-15-13-28(14-16-29)19-20-17-21(30-4)23(32-6)22(18-20)31-5/h17-18H,7-16,19H2,1-6H3,(H,25,26). The Morgan fingerprint density at radius 1 is 0.969 bits per heavy atom. The minimum Gasteiger partial charge on any atom is -0.493 e. The monoisotopic (exact) mass is 449 g/mol. The molecule has 0 aliphatic carbocycles. The number of aliphatic imine (C=N–C) groups is 1. The molecule has 0 amide bonds. The van der Waals surface area contributed by atoms with Crippen LogP contribution in [-0.4, -0.2) is 101 Å². The van der Waals surface area contributed by atoms with E-state index >= 15 is 0 Å². The summed E-state index contributed by atoms with van der Waals surface area (Å²) in [5, 5.41) is 3.55. The summed E-state index contributed by atoms with van der Waals surface area (Å²) in [7, 11) is 6.82. The summed E-state index contributed by atoms with van der Waals surface area (Å²) in [4.78, 5) is 11.8. The van der Waals surface area contributed by atoms with Crippen LogP contribution in [0.15, 0.2) is 17.1 Å². The highest BCUT2D eigenvalue weighted by Gasteiger charge is 2.21. The van der Waals surface area contributed by atoms with E-state index in [2.05, 4.69) is 38.9 Å². The van der Waals surface area contributed by atoms with E-state index in [4.69, 9.17) is 14.2 Å². The molecule has 1 aromatic carbocycles. The molecule has 0 saturated carbocycles. The van der Waals surface area contributed by atoms with Crippen molar-refractivity contribution >= 4 is 5.96 Å². The molecule has 0 spiro atoms. The van der Waals surface area contributed by atoms with Crippen molar-refractivity contribution in [2.24, 2.45) is 4.99 Å². The number of hydrogen-bond acceptors (Lipinski definition) is 6. The van der Waals surface area contributed by atoms with E-state index in [0.717, 1.165) is 70.3 Å². The van der Waals surface area contributed by atoms with Gasteiger partial charge in [0.25, 0.3) is 0 Å². The number of methoxy groups -OCH3 is 3. The molecular weight excluding hydrogens is 406 g/mol. The van der Waals surface area contributed by atoms with Crippen molar-refractivity contribution in [2.75, 3.05) is 80.7 Å². The maximum absolute atomic E-state index is 5.49. The first-order valence-corrected chi connectivity index (χ1v) is 11.8. The molecule has 0 radical (unpaired) electrons. The molecule has 32 heavy (non-hydrogen) atoms. The summed E-state index contributed by atoms with van der Waals surface area (Å²) < 4.78 is 16.4. The topological polar surface area (TPSA) is 61.8 Å². The van der Waals surface area contributed by atoms with Gasteiger partial charge in [-0.2, -0.15) is 0 Å². The van der Waals surface area contributed by atoms with E-state index in [0.29, 0.717) is 17.2 Å². The molecule has 1 fully saturated rings. The predicted molar refractivity (Wildman–Crippen MR) is 131 cm³/mol. The maximum atomic E-state index is 5.49. The van der Waals surface area contributed by atoms with Crippen LogP contribution in [-0.2, 0) is 6.54 Å². The van der Waals surface area contributed by atoms with Crippen LogP contribution in [0.3, 0.4) is 0 Å². The summed E-state index contributed by atoms with van der Waals surface area (Å²) in [6, 6.07) is 4.07. The second kappa shape index (κ2) is 14.1. The van der Waals surface area contributed by atoms with Gasteiger partial charge in [0.2, 0.25) is 5.75 Å². The van der Waals surface area contributed by atoms with Crippen molar-refractivity contribution < 1.29 is 14.2 Å². The number of rotatable bonds is 12. The van der Waals surface area contributed by atoms with Crippen LogP contribution >= 0.6 is 0 Å². The molecule has 1 aromatic rings. The van der Waals surface area contributed by atoms with Gasteiger partial charge in [-0.05, 0) is 50.2 Å². The van der Waals surface area contributed by atoms with Crippen LogP contribution in [0.2, 0.25) is 0 Å². The number of unbranched alkanes of at least 4 members (excludes halogenated alkanes) is 1. The van der Waals surface area contributed by atoms with Gasteiger partial charge in [0.15, 0.2) is 17.5 Å². The Kier molecular flexibility index (Phi) is 11.5. The molecule has 1 N–H and O–H groups in total. The second-order valence-electron chi connectivity index (χ2n) is 8.00. The summed E-state index contributed by atoms with van der Waals surface area (Å²) in [6.07, 6.45) is 2.38. The second-order valence-corrected chi connectivity index (χ2v) is 8.00. The van der Waals surface area contributed by atoms with Crippen LogP contribution in [0.25, 0.3) is 0 Å². The van der Waals surface area contributed by atoms with E-state index in [9.17, 15) is 0 Å². The van der Waals surface area contributed by atoms with Crippen molar-refractivity contribution in [3.8, 4) is 17.2 Å². The van der Waals surface area contributed by atoms with E-state index in [1.807, 2.05) is 19.2 Å². The molecule has 0 unspecified atom stereocenters. The Bertz CT molecular complexity index is 676. The lowest BCUT2D eigenvalue weighted by Crippen LogP contribution is -2.52. The summed E-state index contributed by atoms with van der Waals surface area (Å²) in [6.45, 7) is 13.6. The van der Waals surface area contributed by atoms with Crippen LogP contribution in [0, 0.1) is 0 Å². The average Bonchev–Trinajstić information content (AvgIpc) is 2.83. The SMILES string of the molecule is CCN(CC)CCCCNC(=NC)N1CCN(Cc2cc(OC)c(OC)c(OC)c2)CC1. The molecule has 2 rings (SSSR count). The normalized spacial score (nSPS) is 15.2. The molecule has 0 bridgehead atoms. The smallest absolute Gasteiger partial charge is 0.203 e. The molecule has 0 atom stereocenters. The molecule has 1 aliphatic heterocycles. The van der Waals surface area contributed by atoms with Gasteiger partial charge < -0.3 is 29.3 Å². The molecule has 1 heterocycles. The number of hydrogen-bond donors (Lipinski definition) is 1. The van der Waals surface area contributed by atoms with E-state index in [-0.39, 0.29) is 0 Å². The lowest BCUT2D eigenvalue weighted by Gasteiger charge is -2.36. The summed E-state index contributed by atoms with van der Waals surface area (Å²) in [5.41, 5.74) is 1.16. The fourth-order valence-corrected chi connectivity index (χ4v) is 4.14. The van der Waals surface area contributed by atoms with Crippen LogP contribution < -0.4 is 19.5 Å². The first-order valence-electron chi connectivity index (χ1n) is 11.8. The largest absolute Gasteiger partial charge is 0.493 e. The number of nitrogens with one attached hydrogen (secondary N) is 1. The summed E-state index contributed by atoms with van der Waals surface area (Å²) >= 11 is 0. The average molecular weight is 450 g/mol. The molecule has 0 aromatic heterocycles. The zero-order valence-corrected chi connectivity index (χ0v) is 20.9. The first kappa shape index (κ1) is 26.1. The van der Waals surface area contributed by atoms with Gasteiger partial charge in [0.05, 0.1) is 21.3 Å². The molecule has 1 aliphatic rings. The zero-order chi connectivity index (χ0) is 23.3. The van der Waals surface area contributed by atoms with E-state index in [1.165, 1.54) is 13.0 Å². The minimum atomic E-state index is 0.635. The Morgan fingerprint density at radius 2 is 1.59 bits per heavy atom. The first-order chi connectivity index (χ1) is 15.6. The molecule has 8 nitrogen and oxygen atoms in total. The van der Waals surface area contributed by atoms with Gasteiger partial charge in [-0.1, -0.05) is 13.8 Å². The molecule has 8 heteroatoms. The number of ether oxygens (including phenoxy) is 3. The fraction of sp³-hybridized carbons (Fsp3) is 0.708. The lowest BCUT2D eigenvalue weighted by atomic mass is 10.1. The Balaban J connectivity index is 1.81. The third-order valence-electron chi connectivity index (χ3n) is 6.09. The third-order valence-corrected chi connectivity index (χ3v) is 6.09. The van der Waals surface area contributed by atoms with Crippen LogP contribution in [0.4, 0.5) is 0 Å². The quantitative estimate of drug-likeness (QED) is 0.299. The highest BCUT2D eigenvalue weighted by molar-refractivity contribution is 5.79. The fourth-order valence-electron chi connectivity index (χ4n) is 4.14. The lowest BCUT2D eigenvalue weighted by molar-refractivity contribution is 0.172. The maximum Gasteiger partial charge on any atom is 0.203 e. The van der Waals surface area contributed by atoms with E-state index in [1.54, 1.807) is 21.3 Å². The summed E-state index contributed by atoms with van der Waals surface area (Å²) in [5.74, 6) is 3.05. The number of nitrogens with zero attached hydrogens (tertiary/aromatic N) is 4. The predicted octanol–water partition coefficient (Wildman–Crippen LogP) is 2.53. The van der Waals surface area contributed by atoms with Gasteiger partial charge in [-0.25, -0.2) is 0 Å². The Morgan fingerprint density at radius 3 is 2.09 bits per heavy atom. The Hall–Kier alpha value is -2.19. The van der Waals surface area contributed by atoms with Gasteiger partial charge in [-0.15, -0.1) is 0 Å². The zero-order valence-electron chi connectivity index (χ0n) is 20.9. The number of guanidine groups is 1. The van der Waals surface area contributed by atoms with Crippen LogP contribution in [0.5, 0.6) is 17.2 Å². The van der Waals surface area contributed by atoms with Gasteiger partial charge >= 0.3 is 0 Å². The van der Waals surface area contributed by atoms with Crippen molar-refractivity contribution in [2.45, 2.75) is 33.2 Å². The van der Waals surface area contributed by atoms with Crippen molar-refractivity contribution in [1.82, 2.24) is 20.0 Å². The van der Waals surface area contributed by atoms with Gasteiger partial charge in [-0.3, -0.25) is 9.89 Å². The van der Waals surface area contributed by atoms with Crippen molar-refractivity contribution in [1.29, 1.82) is 0 Å². The van der Waals surface area contributed by atoms with Crippen molar-refractivity contribution in [3.05, 3.63) is 17.7 Å². The third kappa shape index (κ3) is 7.45. The van der Waals surface area contributed by atoms with Gasteiger partial charge in [0.1, 0.15) is 0 Å². The van der Waals surface area contributed by atoms with Crippen molar-refractivity contribution in [3.63, 3.8) is 0 Å². The highest BCUT2D eigenvalue weighted by Crippen LogP contribution is 2.38. The van der Waals surface area contributed by atoms with E-state index < -0.39 is 0 Å². The highest BCUT2D eigenvalue weighted by atomic mass is 16.5. The number of piperazine rings is 1. The number of benzene rings is 1. The van der Waals surface area contributed by atoms with Gasteiger partial charge in [0, 0.05) is 46.3 Å². The minimum absolute atomic E-state index is 0.635. The van der Waals surface area contributed by atoms with Crippen LogP contribution in [0.1, 0.15) is 32.3 Å². The Labute approximate surface area is 194 Å².